The Labute approximate surface area is 193 Å². The second kappa shape index (κ2) is 9.72. The Morgan fingerprint density at radius 1 is 1.09 bits per heavy atom. The monoisotopic (exact) mass is 448 g/mol. The molecule has 0 saturated carbocycles. The van der Waals surface area contributed by atoms with Gasteiger partial charge < -0.3 is 19.7 Å². The molecule has 3 aromatic rings. The second-order valence-electron chi connectivity index (χ2n) is 8.01. The van der Waals surface area contributed by atoms with E-state index in [9.17, 15) is 4.79 Å². The highest BCUT2D eigenvalue weighted by Crippen LogP contribution is 2.27. The van der Waals surface area contributed by atoms with Crippen molar-refractivity contribution in [1.82, 2.24) is 15.0 Å². The van der Waals surface area contributed by atoms with Gasteiger partial charge in [-0.1, -0.05) is 37.3 Å². The van der Waals surface area contributed by atoms with Gasteiger partial charge in [-0.3, -0.25) is 0 Å². The number of cyclic esters (lactones) is 1. The highest BCUT2D eigenvalue weighted by Gasteiger charge is 2.35. The molecule has 9 heteroatoms. The van der Waals surface area contributed by atoms with Crippen molar-refractivity contribution in [2.75, 3.05) is 35.8 Å². The van der Waals surface area contributed by atoms with Crippen molar-refractivity contribution in [3.63, 3.8) is 0 Å². The molecule has 1 aliphatic rings. The molecule has 0 unspecified atom stereocenters. The van der Waals surface area contributed by atoms with E-state index in [0.29, 0.717) is 18.5 Å². The number of ether oxygens (including phenoxy) is 2. The van der Waals surface area contributed by atoms with Gasteiger partial charge >= 0.3 is 6.09 Å². The molecule has 0 spiro atoms. The number of carbonyl (C=O) groups excluding carboxylic acids is 1. The lowest BCUT2D eigenvalue weighted by Crippen LogP contribution is -2.35. The molecule has 0 aliphatic carbocycles. The highest BCUT2D eigenvalue weighted by molar-refractivity contribution is 5.88. The van der Waals surface area contributed by atoms with E-state index < -0.39 is 6.09 Å². The molecule has 1 aromatic heterocycles. The summed E-state index contributed by atoms with van der Waals surface area (Å²) in [6.45, 7) is 4.35. The van der Waals surface area contributed by atoms with Gasteiger partial charge in [0.2, 0.25) is 17.8 Å². The lowest BCUT2D eigenvalue weighted by molar-refractivity contribution is 0.178. The number of aromatic nitrogens is 3. The van der Waals surface area contributed by atoms with Gasteiger partial charge in [0.05, 0.1) is 12.1 Å². The lowest BCUT2D eigenvalue weighted by Gasteiger charge is -2.22. The minimum absolute atomic E-state index is 0.0893. The molecule has 0 bridgehead atoms. The Balaban J connectivity index is 1.53. The lowest BCUT2D eigenvalue weighted by atomic mass is 10.1. The number of rotatable bonds is 8. The van der Waals surface area contributed by atoms with Crippen LogP contribution >= 0.6 is 0 Å². The maximum atomic E-state index is 12.3. The normalized spacial score (nSPS) is 16.3. The number of amides is 1. The predicted octanol–water partition coefficient (Wildman–Crippen LogP) is 4.64. The summed E-state index contributed by atoms with van der Waals surface area (Å²) in [5.74, 6) is 2.67. The molecule has 1 amide bonds. The highest BCUT2D eigenvalue weighted by atomic mass is 16.6. The first kappa shape index (κ1) is 22.3. The van der Waals surface area contributed by atoms with E-state index in [0.717, 1.165) is 23.5 Å². The van der Waals surface area contributed by atoms with Gasteiger partial charge in [0.1, 0.15) is 18.1 Å². The third-order valence-electron chi connectivity index (χ3n) is 5.36. The molecule has 1 N–H and O–H groups in total. The zero-order valence-electron chi connectivity index (χ0n) is 19.2. The third kappa shape index (κ3) is 5.14. The topological polar surface area (TPSA) is 92.7 Å². The van der Waals surface area contributed by atoms with Gasteiger partial charge in [0, 0.05) is 14.1 Å². The first-order chi connectivity index (χ1) is 15.9. The van der Waals surface area contributed by atoms with Gasteiger partial charge in [-0.15, -0.1) is 0 Å². The van der Waals surface area contributed by atoms with Crippen LogP contribution in [-0.2, 0) is 4.74 Å². The Kier molecular flexibility index (Phi) is 6.58. The van der Waals surface area contributed by atoms with E-state index in [1.54, 1.807) is 4.90 Å². The van der Waals surface area contributed by atoms with Gasteiger partial charge in [-0.25, -0.2) is 9.69 Å². The average Bonchev–Trinajstić information content (AvgIpc) is 3.20. The van der Waals surface area contributed by atoms with Crippen LogP contribution in [0.4, 0.5) is 22.6 Å². The van der Waals surface area contributed by atoms with Gasteiger partial charge in [-0.05, 0) is 43.2 Å². The van der Waals surface area contributed by atoms with Crippen LogP contribution in [0.2, 0.25) is 0 Å². The minimum atomic E-state index is -0.439. The summed E-state index contributed by atoms with van der Waals surface area (Å²) < 4.78 is 11.1. The van der Waals surface area contributed by atoms with E-state index in [-0.39, 0.29) is 18.0 Å². The second-order valence-corrected chi connectivity index (χ2v) is 8.01. The largest absolute Gasteiger partial charge is 0.457 e. The van der Waals surface area contributed by atoms with Crippen molar-refractivity contribution in [2.24, 2.45) is 0 Å². The number of benzene rings is 2. The minimum Gasteiger partial charge on any atom is -0.457 e. The molecule has 172 valence electrons. The summed E-state index contributed by atoms with van der Waals surface area (Å²) in [4.78, 5) is 29.1. The number of nitrogens with zero attached hydrogens (tertiary/aromatic N) is 5. The molecule has 2 atom stereocenters. The van der Waals surface area contributed by atoms with Gasteiger partial charge in [0.15, 0.2) is 0 Å². The fraction of sp³-hybridized carbons (Fsp3) is 0.333. The molecular weight excluding hydrogens is 420 g/mol. The van der Waals surface area contributed by atoms with E-state index in [1.807, 2.05) is 82.5 Å². The fourth-order valence-corrected chi connectivity index (χ4v) is 3.46. The van der Waals surface area contributed by atoms with E-state index in [4.69, 9.17) is 9.47 Å². The molecular formula is C24H28N6O3. The number of hydrogen-bond donors (Lipinski definition) is 1. The van der Waals surface area contributed by atoms with E-state index in [2.05, 4.69) is 20.3 Å². The number of carbonyl (C=O) groups is 1. The van der Waals surface area contributed by atoms with E-state index in [1.165, 1.54) is 4.90 Å². The van der Waals surface area contributed by atoms with Crippen LogP contribution in [0.25, 0.3) is 0 Å². The van der Waals surface area contributed by atoms with Crippen molar-refractivity contribution in [3.05, 3.63) is 60.2 Å². The van der Waals surface area contributed by atoms with Crippen LogP contribution in [0.1, 0.15) is 31.9 Å². The van der Waals surface area contributed by atoms with Crippen LogP contribution in [0.3, 0.4) is 0 Å². The Hall–Kier alpha value is -3.88. The molecule has 1 aliphatic heterocycles. The Morgan fingerprint density at radius 2 is 1.79 bits per heavy atom. The Bertz CT molecular complexity index is 1090. The fourth-order valence-electron chi connectivity index (χ4n) is 3.46. The maximum Gasteiger partial charge on any atom is 0.417 e. The quantitative estimate of drug-likeness (QED) is 0.533. The molecule has 2 heterocycles. The van der Waals surface area contributed by atoms with Crippen LogP contribution in [0, 0.1) is 0 Å². The third-order valence-corrected chi connectivity index (χ3v) is 5.36. The van der Waals surface area contributed by atoms with E-state index >= 15 is 0 Å². The zero-order chi connectivity index (χ0) is 23.4. The number of nitrogens with one attached hydrogen (secondary N) is 1. The standard InChI is InChI=1S/C24H28N6O3/c1-5-18-15-32-24(31)30(18)23-27-21(26-22(28-23)29(3)4)25-16(2)17-11-13-20(14-12-17)33-19-9-7-6-8-10-19/h6-14,16,18H,5,15H2,1-4H3,(H,25,26,27,28)/t16-,18-/m0/s1. The SMILES string of the molecule is CC[C@H]1COC(=O)N1c1nc(N[C@@H](C)c2ccc(Oc3ccccc3)cc2)nc(N(C)C)n1. The van der Waals surface area contributed by atoms with Crippen LogP contribution in [0.5, 0.6) is 11.5 Å². The number of para-hydroxylation sites is 1. The van der Waals surface area contributed by atoms with Crippen molar-refractivity contribution in [1.29, 1.82) is 0 Å². The van der Waals surface area contributed by atoms with Crippen LogP contribution in [-0.4, -0.2) is 47.8 Å². The predicted molar refractivity (Wildman–Crippen MR) is 127 cm³/mol. The van der Waals surface area contributed by atoms with Crippen LogP contribution in [0.15, 0.2) is 54.6 Å². The summed E-state index contributed by atoms with van der Waals surface area (Å²) in [7, 11) is 3.69. The maximum absolute atomic E-state index is 12.3. The summed E-state index contributed by atoms with van der Waals surface area (Å²) in [6, 6.07) is 17.3. The summed E-state index contributed by atoms with van der Waals surface area (Å²) in [6.07, 6.45) is 0.302. The molecule has 2 aromatic carbocycles. The van der Waals surface area contributed by atoms with Crippen molar-refractivity contribution in [2.45, 2.75) is 32.4 Å². The number of anilines is 3. The summed E-state index contributed by atoms with van der Waals surface area (Å²) in [5.41, 5.74) is 1.04. The van der Waals surface area contributed by atoms with Crippen molar-refractivity contribution >= 4 is 23.9 Å². The molecule has 9 nitrogen and oxygen atoms in total. The molecule has 1 fully saturated rings. The first-order valence-corrected chi connectivity index (χ1v) is 10.9. The molecule has 1 saturated heterocycles. The zero-order valence-corrected chi connectivity index (χ0v) is 19.2. The first-order valence-electron chi connectivity index (χ1n) is 10.9. The van der Waals surface area contributed by atoms with Crippen molar-refractivity contribution in [3.8, 4) is 11.5 Å². The Morgan fingerprint density at radius 3 is 2.45 bits per heavy atom. The summed E-state index contributed by atoms with van der Waals surface area (Å²) in [5, 5.41) is 3.33. The molecule has 33 heavy (non-hydrogen) atoms. The summed E-state index contributed by atoms with van der Waals surface area (Å²) >= 11 is 0. The van der Waals surface area contributed by atoms with Gasteiger partial charge in [-0.2, -0.15) is 15.0 Å². The molecule has 4 rings (SSSR count). The van der Waals surface area contributed by atoms with Crippen molar-refractivity contribution < 1.29 is 14.3 Å². The van der Waals surface area contributed by atoms with Crippen LogP contribution < -0.4 is 19.9 Å². The smallest absolute Gasteiger partial charge is 0.417 e. The van der Waals surface area contributed by atoms with Gasteiger partial charge in [0.25, 0.3) is 0 Å². The average molecular weight is 449 g/mol. The molecule has 0 radical (unpaired) electrons. The number of hydrogen-bond acceptors (Lipinski definition) is 8.